The highest BCUT2D eigenvalue weighted by Crippen LogP contribution is 2.49. The standard InChI is InChI=1S/C40H41ClFN7O4S/c1-25-30(12-13-33(36(25)41)52-21-20-49-18-16-47(2)17-19-49)34-35-38(43-24-44-39(35)54-37(34)26-8-10-28(42)11-9-26)46-31(40(50)51)22-27-6-4-5-7-32(27)53-23-29-14-15-45-48(29)3/h4-15,24,31H,16-23H2,1-3H3,(H,50,51)(H,43,44,46). The predicted molar refractivity (Wildman–Crippen MR) is 210 cm³/mol. The molecule has 0 bridgehead atoms. The molecule has 1 unspecified atom stereocenters. The Morgan fingerprint density at radius 2 is 1.78 bits per heavy atom. The summed E-state index contributed by atoms with van der Waals surface area (Å²) in [6.07, 6.45) is 3.23. The van der Waals surface area contributed by atoms with E-state index in [0.29, 0.717) is 44.7 Å². The number of likely N-dealkylation sites (N-methyl/N-ethyl adjacent to an activating group) is 1. The maximum absolute atomic E-state index is 14.1. The summed E-state index contributed by atoms with van der Waals surface area (Å²) in [6.45, 7) is 7.56. The molecule has 54 heavy (non-hydrogen) atoms. The number of halogens is 2. The maximum Gasteiger partial charge on any atom is 0.326 e. The van der Waals surface area contributed by atoms with Crippen LogP contribution in [-0.2, 0) is 24.9 Å². The van der Waals surface area contributed by atoms with Crippen LogP contribution in [0.15, 0.2) is 79.3 Å². The van der Waals surface area contributed by atoms with Gasteiger partial charge in [0.2, 0.25) is 0 Å². The smallest absolute Gasteiger partial charge is 0.326 e. The normalized spacial score (nSPS) is 14.3. The van der Waals surface area contributed by atoms with Crippen LogP contribution in [-0.4, -0.2) is 93.0 Å². The predicted octanol–water partition coefficient (Wildman–Crippen LogP) is 7.17. The molecule has 1 fully saturated rings. The van der Waals surface area contributed by atoms with Crippen molar-refractivity contribution in [1.29, 1.82) is 0 Å². The molecule has 7 rings (SSSR count). The first-order valence-electron chi connectivity index (χ1n) is 17.7. The SMILES string of the molecule is Cc1c(-c2c(-c3ccc(F)cc3)sc3ncnc(NC(Cc4ccccc4OCc4ccnn4C)C(=O)O)c23)ccc(OCCN2CCN(C)CC2)c1Cl. The number of aliphatic carboxylic acids is 1. The van der Waals surface area contributed by atoms with E-state index in [4.69, 9.17) is 21.1 Å². The largest absolute Gasteiger partial charge is 0.491 e. The van der Waals surface area contributed by atoms with Gasteiger partial charge in [-0.05, 0) is 66.6 Å². The molecule has 1 aliphatic rings. The average molecular weight is 770 g/mol. The number of hydrogen-bond acceptors (Lipinski definition) is 10. The Bertz CT molecular complexity index is 2260. The van der Waals surface area contributed by atoms with Crippen molar-refractivity contribution < 1.29 is 23.8 Å². The third-order valence-electron chi connectivity index (χ3n) is 9.78. The van der Waals surface area contributed by atoms with E-state index in [1.54, 1.807) is 23.0 Å². The molecule has 11 nitrogen and oxygen atoms in total. The second-order valence-corrected chi connectivity index (χ2v) is 14.7. The fraction of sp³-hybridized carbons (Fsp3) is 0.300. The highest BCUT2D eigenvalue weighted by atomic mass is 35.5. The summed E-state index contributed by atoms with van der Waals surface area (Å²) in [7, 11) is 3.97. The third kappa shape index (κ3) is 8.19. The number of carboxylic acid groups (broad SMARTS) is 1. The van der Waals surface area contributed by atoms with Crippen molar-refractivity contribution in [1.82, 2.24) is 29.5 Å². The minimum atomic E-state index is -1.08. The van der Waals surface area contributed by atoms with Gasteiger partial charge in [0, 0.05) is 62.8 Å². The second kappa shape index (κ2) is 16.5. The Morgan fingerprint density at radius 1 is 1.00 bits per heavy atom. The van der Waals surface area contributed by atoms with Gasteiger partial charge < -0.3 is 24.8 Å². The number of piperazine rings is 1. The Hall–Kier alpha value is -5.08. The summed E-state index contributed by atoms with van der Waals surface area (Å²) in [5.41, 5.74) is 4.71. The molecule has 0 spiro atoms. The lowest BCUT2D eigenvalue weighted by Gasteiger charge is -2.32. The molecule has 1 atom stereocenters. The Morgan fingerprint density at radius 3 is 2.52 bits per heavy atom. The van der Waals surface area contributed by atoms with Crippen LogP contribution in [0, 0.1) is 12.7 Å². The molecule has 1 saturated heterocycles. The summed E-state index contributed by atoms with van der Waals surface area (Å²) in [5, 5.41) is 19.1. The number of aromatic nitrogens is 4. The molecule has 0 saturated carbocycles. The minimum absolute atomic E-state index is 0.109. The number of carbonyl (C=O) groups is 1. The third-order valence-corrected chi connectivity index (χ3v) is 11.4. The van der Waals surface area contributed by atoms with Crippen molar-refractivity contribution in [2.24, 2.45) is 7.05 Å². The number of fused-ring (bicyclic) bond motifs is 1. The van der Waals surface area contributed by atoms with E-state index in [2.05, 4.69) is 37.2 Å². The van der Waals surface area contributed by atoms with Crippen LogP contribution in [0.5, 0.6) is 11.5 Å². The summed E-state index contributed by atoms with van der Waals surface area (Å²) < 4.78 is 28.2. The molecule has 2 N–H and O–H groups in total. The minimum Gasteiger partial charge on any atom is -0.491 e. The number of ether oxygens (including phenoxy) is 2. The fourth-order valence-electron chi connectivity index (χ4n) is 6.60. The van der Waals surface area contributed by atoms with Gasteiger partial charge in [0.05, 0.1) is 16.1 Å². The van der Waals surface area contributed by atoms with Crippen LogP contribution in [0.1, 0.15) is 16.8 Å². The molecule has 14 heteroatoms. The van der Waals surface area contributed by atoms with E-state index in [9.17, 15) is 14.3 Å². The first kappa shape index (κ1) is 37.2. The van der Waals surface area contributed by atoms with E-state index in [-0.39, 0.29) is 18.8 Å². The van der Waals surface area contributed by atoms with Crippen LogP contribution in [0.2, 0.25) is 5.02 Å². The zero-order chi connectivity index (χ0) is 37.8. The average Bonchev–Trinajstić information content (AvgIpc) is 3.77. The highest BCUT2D eigenvalue weighted by Gasteiger charge is 2.27. The molecule has 3 aromatic heterocycles. The number of carboxylic acids is 1. The molecular formula is C40H41ClFN7O4S. The first-order valence-corrected chi connectivity index (χ1v) is 18.9. The van der Waals surface area contributed by atoms with Gasteiger partial charge in [-0.1, -0.05) is 48.0 Å². The van der Waals surface area contributed by atoms with Crippen LogP contribution < -0.4 is 14.8 Å². The van der Waals surface area contributed by atoms with Crippen LogP contribution in [0.3, 0.4) is 0 Å². The van der Waals surface area contributed by atoms with Crippen molar-refractivity contribution >= 4 is 44.9 Å². The summed E-state index contributed by atoms with van der Waals surface area (Å²) in [6, 6.07) is 18.3. The molecule has 4 heterocycles. The van der Waals surface area contributed by atoms with Gasteiger partial charge in [-0.15, -0.1) is 11.3 Å². The molecule has 0 aliphatic carbocycles. The number of nitrogens with zero attached hydrogens (tertiary/aromatic N) is 6. The summed E-state index contributed by atoms with van der Waals surface area (Å²) >= 11 is 8.45. The van der Waals surface area contributed by atoms with Gasteiger partial charge in [0.15, 0.2) is 0 Å². The number of rotatable bonds is 14. The van der Waals surface area contributed by atoms with Gasteiger partial charge in [-0.2, -0.15) is 5.10 Å². The Balaban J connectivity index is 1.22. The molecular weight excluding hydrogens is 729 g/mol. The van der Waals surface area contributed by atoms with Crippen molar-refractivity contribution in [3.05, 3.63) is 107 Å². The van der Waals surface area contributed by atoms with E-state index in [1.165, 1.54) is 29.8 Å². The molecule has 0 amide bonds. The molecule has 1 aliphatic heterocycles. The highest BCUT2D eigenvalue weighted by molar-refractivity contribution is 7.22. The zero-order valence-corrected chi connectivity index (χ0v) is 31.8. The molecule has 3 aromatic carbocycles. The zero-order valence-electron chi connectivity index (χ0n) is 30.3. The van der Waals surface area contributed by atoms with Crippen molar-refractivity contribution in [2.45, 2.75) is 26.0 Å². The number of benzene rings is 3. The van der Waals surface area contributed by atoms with Gasteiger partial charge in [0.25, 0.3) is 0 Å². The van der Waals surface area contributed by atoms with Gasteiger partial charge in [0.1, 0.15) is 53.5 Å². The van der Waals surface area contributed by atoms with E-state index in [0.717, 1.165) is 65.5 Å². The molecule has 280 valence electrons. The number of para-hydroxylation sites is 1. The number of hydrogen-bond donors (Lipinski definition) is 2. The first-order chi connectivity index (χ1) is 26.2. The number of thiophene rings is 1. The molecule has 0 radical (unpaired) electrons. The Labute approximate surface area is 321 Å². The summed E-state index contributed by atoms with van der Waals surface area (Å²) in [4.78, 5) is 28.2. The quantitative estimate of drug-likeness (QED) is 0.118. The van der Waals surface area contributed by atoms with E-state index < -0.39 is 12.0 Å². The van der Waals surface area contributed by atoms with Gasteiger partial charge in [-0.3, -0.25) is 9.58 Å². The van der Waals surface area contributed by atoms with E-state index >= 15 is 0 Å². The second-order valence-electron chi connectivity index (χ2n) is 13.3. The van der Waals surface area contributed by atoms with Crippen molar-refractivity contribution in [3.63, 3.8) is 0 Å². The summed E-state index contributed by atoms with van der Waals surface area (Å²) in [5.74, 6) is 0.0966. The number of aryl methyl sites for hydroxylation is 1. The van der Waals surface area contributed by atoms with Crippen LogP contribution >= 0.6 is 22.9 Å². The number of nitrogens with one attached hydrogen (secondary N) is 1. The van der Waals surface area contributed by atoms with Crippen molar-refractivity contribution in [2.75, 3.05) is 51.7 Å². The fourth-order valence-corrected chi connectivity index (χ4v) is 7.98. The lowest BCUT2D eigenvalue weighted by molar-refractivity contribution is -0.137. The van der Waals surface area contributed by atoms with Gasteiger partial charge >= 0.3 is 5.97 Å². The van der Waals surface area contributed by atoms with Crippen molar-refractivity contribution in [3.8, 4) is 33.1 Å². The van der Waals surface area contributed by atoms with Crippen LogP contribution in [0.25, 0.3) is 31.8 Å². The van der Waals surface area contributed by atoms with Gasteiger partial charge in [-0.25, -0.2) is 19.2 Å². The monoisotopic (exact) mass is 769 g/mol. The maximum atomic E-state index is 14.1. The lowest BCUT2D eigenvalue weighted by Crippen LogP contribution is -2.45. The topological polar surface area (TPSA) is 118 Å². The molecule has 6 aromatic rings. The Kier molecular flexibility index (Phi) is 11.4. The van der Waals surface area contributed by atoms with Crippen LogP contribution in [0.4, 0.5) is 10.2 Å². The lowest BCUT2D eigenvalue weighted by atomic mass is 9.95. The number of anilines is 1. The van der Waals surface area contributed by atoms with E-state index in [1.807, 2.05) is 56.4 Å².